The normalized spacial score (nSPS) is 23.4. The van der Waals surface area contributed by atoms with Gasteiger partial charge in [0, 0.05) is 27.6 Å². The van der Waals surface area contributed by atoms with Gasteiger partial charge < -0.3 is 5.32 Å². The standard InChI is InChI=1S/C22H25Br2ClN2/c23-18-4-2-16(3-5-18)17-12-20(13-17)27(19-7-9-26-10-8-19)14-15-1-6-21(24)22(25)11-15/h1-6,11,17,19-20,26H,7-10,12-14H2. The second kappa shape index (κ2) is 8.96. The molecule has 1 heterocycles. The molecule has 1 saturated carbocycles. The van der Waals surface area contributed by atoms with E-state index in [1.807, 2.05) is 0 Å². The van der Waals surface area contributed by atoms with Crippen LogP contribution in [0.15, 0.2) is 51.4 Å². The van der Waals surface area contributed by atoms with Crippen molar-refractivity contribution in [1.82, 2.24) is 10.2 Å². The maximum Gasteiger partial charge on any atom is 0.0551 e. The molecule has 0 spiro atoms. The smallest absolute Gasteiger partial charge is 0.0551 e. The number of rotatable bonds is 5. The lowest BCUT2D eigenvalue weighted by atomic mass is 9.74. The first-order chi connectivity index (χ1) is 13.1. The van der Waals surface area contributed by atoms with Crippen molar-refractivity contribution in [3.05, 3.63) is 67.6 Å². The SMILES string of the molecule is Clc1cc(CN(C2CCNCC2)C2CC(c3ccc(Br)cc3)C2)ccc1Br. The highest BCUT2D eigenvalue weighted by Gasteiger charge is 2.37. The molecule has 1 saturated heterocycles. The third-order valence-electron chi connectivity index (χ3n) is 6.05. The average Bonchev–Trinajstić information content (AvgIpc) is 2.65. The Kier molecular flexibility index (Phi) is 6.60. The average molecular weight is 513 g/mol. The predicted octanol–water partition coefficient (Wildman–Crippen LogP) is 6.37. The molecule has 2 aromatic carbocycles. The van der Waals surface area contributed by atoms with Crippen molar-refractivity contribution < 1.29 is 0 Å². The van der Waals surface area contributed by atoms with Crippen molar-refractivity contribution in [1.29, 1.82) is 0 Å². The van der Waals surface area contributed by atoms with Crippen LogP contribution >= 0.6 is 43.5 Å². The van der Waals surface area contributed by atoms with E-state index in [0.29, 0.717) is 18.0 Å². The molecule has 0 unspecified atom stereocenters. The fourth-order valence-corrected chi connectivity index (χ4v) is 5.12. The lowest BCUT2D eigenvalue weighted by Crippen LogP contribution is -2.51. The summed E-state index contributed by atoms with van der Waals surface area (Å²) < 4.78 is 2.13. The van der Waals surface area contributed by atoms with E-state index >= 15 is 0 Å². The molecule has 1 aliphatic carbocycles. The van der Waals surface area contributed by atoms with Gasteiger partial charge in [-0.1, -0.05) is 45.7 Å². The van der Waals surface area contributed by atoms with Crippen LogP contribution < -0.4 is 5.32 Å². The Morgan fingerprint density at radius 1 is 0.963 bits per heavy atom. The van der Waals surface area contributed by atoms with E-state index in [-0.39, 0.29) is 0 Å². The quantitative estimate of drug-likeness (QED) is 0.501. The van der Waals surface area contributed by atoms with Crippen molar-refractivity contribution in [3.8, 4) is 0 Å². The van der Waals surface area contributed by atoms with Crippen LogP contribution in [0.25, 0.3) is 0 Å². The molecule has 0 radical (unpaired) electrons. The molecule has 27 heavy (non-hydrogen) atoms. The molecule has 1 N–H and O–H groups in total. The van der Waals surface area contributed by atoms with Crippen LogP contribution in [0.2, 0.25) is 5.02 Å². The van der Waals surface area contributed by atoms with E-state index in [1.165, 1.54) is 36.8 Å². The largest absolute Gasteiger partial charge is 0.317 e. The van der Waals surface area contributed by atoms with Gasteiger partial charge in [-0.25, -0.2) is 0 Å². The van der Waals surface area contributed by atoms with Gasteiger partial charge in [-0.3, -0.25) is 4.90 Å². The molecule has 1 aliphatic heterocycles. The molecule has 2 aromatic rings. The number of nitrogens with zero attached hydrogens (tertiary/aromatic N) is 1. The zero-order valence-corrected chi connectivity index (χ0v) is 19.2. The summed E-state index contributed by atoms with van der Waals surface area (Å²) in [4.78, 5) is 2.76. The maximum absolute atomic E-state index is 6.35. The number of piperidine rings is 1. The van der Waals surface area contributed by atoms with Crippen molar-refractivity contribution in [3.63, 3.8) is 0 Å². The van der Waals surface area contributed by atoms with Gasteiger partial charge in [0.2, 0.25) is 0 Å². The Morgan fingerprint density at radius 2 is 1.67 bits per heavy atom. The Morgan fingerprint density at radius 3 is 2.33 bits per heavy atom. The van der Waals surface area contributed by atoms with Crippen molar-refractivity contribution in [2.45, 2.75) is 50.2 Å². The molecule has 2 aliphatic rings. The lowest BCUT2D eigenvalue weighted by molar-refractivity contribution is 0.0435. The molecule has 0 aromatic heterocycles. The van der Waals surface area contributed by atoms with Crippen molar-refractivity contribution in [2.24, 2.45) is 0 Å². The van der Waals surface area contributed by atoms with E-state index in [2.05, 4.69) is 84.5 Å². The summed E-state index contributed by atoms with van der Waals surface area (Å²) in [5, 5.41) is 4.31. The van der Waals surface area contributed by atoms with Gasteiger partial charge in [0.15, 0.2) is 0 Å². The molecule has 5 heteroatoms. The number of benzene rings is 2. The fraction of sp³-hybridized carbons (Fsp3) is 0.455. The Hall–Kier alpha value is -0.390. The molecule has 0 amide bonds. The number of nitrogens with one attached hydrogen (secondary N) is 1. The van der Waals surface area contributed by atoms with Gasteiger partial charge in [0.05, 0.1) is 5.02 Å². The van der Waals surface area contributed by atoms with E-state index in [1.54, 1.807) is 0 Å². The molecular formula is C22H25Br2ClN2. The first-order valence-corrected chi connectivity index (χ1v) is 11.7. The second-order valence-corrected chi connectivity index (χ2v) is 9.95. The fourth-order valence-electron chi connectivity index (χ4n) is 4.41. The number of hydrogen-bond acceptors (Lipinski definition) is 2. The summed E-state index contributed by atoms with van der Waals surface area (Å²) in [6, 6.07) is 16.6. The second-order valence-electron chi connectivity index (χ2n) is 7.78. The minimum atomic E-state index is 0.671. The van der Waals surface area contributed by atoms with E-state index < -0.39 is 0 Å². The van der Waals surface area contributed by atoms with Gasteiger partial charge in [-0.05, 0) is 96.0 Å². The highest BCUT2D eigenvalue weighted by molar-refractivity contribution is 9.10. The van der Waals surface area contributed by atoms with E-state index in [9.17, 15) is 0 Å². The minimum Gasteiger partial charge on any atom is -0.317 e. The van der Waals surface area contributed by atoms with Crippen LogP contribution in [0.5, 0.6) is 0 Å². The third-order valence-corrected chi connectivity index (χ3v) is 7.81. The number of halogens is 3. The van der Waals surface area contributed by atoms with Crippen molar-refractivity contribution >= 4 is 43.5 Å². The molecule has 0 atom stereocenters. The third kappa shape index (κ3) is 4.79. The van der Waals surface area contributed by atoms with Crippen LogP contribution in [0.1, 0.15) is 42.7 Å². The summed E-state index contributed by atoms with van der Waals surface area (Å²) in [6.07, 6.45) is 5.00. The summed E-state index contributed by atoms with van der Waals surface area (Å²) in [5.74, 6) is 0.695. The first-order valence-electron chi connectivity index (χ1n) is 9.76. The summed E-state index contributed by atoms with van der Waals surface area (Å²) >= 11 is 13.4. The van der Waals surface area contributed by atoms with Crippen molar-refractivity contribution in [2.75, 3.05) is 13.1 Å². The monoisotopic (exact) mass is 510 g/mol. The molecule has 4 rings (SSSR count). The molecular weight excluding hydrogens is 488 g/mol. The predicted molar refractivity (Wildman–Crippen MR) is 120 cm³/mol. The van der Waals surface area contributed by atoms with Gasteiger partial charge >= 0.3 is 0 Å². The Bertz CT molecular complexity index is 768. The molecule has 2 fully saturated rings. The summed E-state index contributed by atoms with van der Waals surface area (Å²) in [5.41, 5.74) is 2.79. The van der Waals surface area contributed by atoms with Crippen LogP contribution in [0, 0.1) is 0 Å². The summed E-state index contributed by atoms with van der Waals surface area (Å²) in [7, 11) is 0. The first kappa shape index (κ1) is 19.9. The van der Waals surface area contributed by atoms with Crippen LogP contribution in [0.3, 0.4) is 0 Å². The van der Waals surface area contributed by atoms with Crippen LogP contribution in [-0.4, -0.2) is 30.1 Å². The van der Waals surface area contributed by atoms with Crippen LogP contribution in [0.4, 0.5) is 0 Å². The molecule has 2 nitrogen and oxygen atoms in total. The van der Waals surface area contributed by atoms with E-state index in [0.717, 1.165) is 33.6 Å². The molecule has 0 bridgehead atoms. The Balaban J connectivity index is 1.47. The molecule has 144 valence electrons. The lowest BCUT2D eigenvalue weighted by Gasteiger charge is -2.48. The van der Waals surface area contributed by atoms with E-state index in [4.69, 9.17) is 11.6 Å². The highest BCUT2D eigenvalue weighted by Crippen LogP contribution is 2.42. The highest BCUT2D eigenvalue weighted by atomic mass is 79.9. The zero-order valence-electron chi connectivity index (χ0n) is 15.3. The minimum absolute atomic E-state index is 0.671. The van der Waals surface area contributed by atoms with Gasteiger partial charge in [-0.2, -0.15) is 0 Å². The van der Waals surface area contributed by atoms with Gasteiger partial charge in [0.25, 0.3) is 0 Å². The zero-order chi connectivity index (χ0) is 18.8. The maximum atomic E-state index is 6.35. The van der Waals surface area contributed by atoms with Crippen LogP contribution in [-0.2, 0) is 6.54 Å². The van der Waals surface area contributed by atoms with Gasteiger partial charge in [-0.15, -0.1) is 0 Å². The summed E-state index contributed by atoms with van der Waals surface area (Å²) in [6.45, 7) is 3.26. The number of hydrogen-bond donors (Lipinski definition) is 1. The Labute approximate surface area is 183 Å². The topological polar surface area (TPSA) is 15.3 Å². The van der Waals surface area contributed by atoms with Gasteiger partial charge in [0.1, 0.15) is 0 Å².